The quantitative estimate of drug-likeness (QED) is 0.906. The maximum absolute atomic E-state index is 5.48. The summed E-state index contributed by atoms with van der Waals surface area (Å²) in [6.45, 7) is 6.73. The largest absolute Gasteiger partial charge is 0.496 e. The first-order valence-corrected chi connectivity index (χ1v) is 7.02. The average Bonchev–Trinajstić information content (AvgIpc) is 2.27. The molecule has 0 aliphatic carbocycles. The molecule has 1 aromatic rings. The molecule has 1 aromatic carbocycles. The molecule has 0 bridgehead atoms. The van der Waals surface area contributed by atoms with Gasteiger partial charge in [-0.25, -0.2) is 0 Å². The molecule has 0 radical (unpaired) electrons. The highest BCUT2D eigenvalue weighted by Gasteiger charge is 2.42. The highest BCUT2D eigenvalue weighted by molar-refractivity contribution is 9.10. The third kappa shape index (κ3) is 2.71. The minimum absolute atomic E-state index is 0.0411. The summed E-state index contributed by atoms with van der Waals surface area (Å²) in [5.74, 6) is 0.937. The summed E-state index contributed by atoms with van der Waals surface area (Å²) in [6.07, 6.45) is 0. The van der Waals surface area contributed by atoms with E-state index in [2.05, 4.69) is 41.2 Å². The van der Waals surface area contributed by atoms with E-state index in [1.165, 1.54) is 5.56 Å². The van der Waals surface area contributed by atoms with E-state index in [-0.39, 0.29) is 5.41 Å². The number of nitrogens with one attached hydrogen (secondary N) is 1. The molecule has 1 aliphatic heterocycles. The first-order valence-electron chi connectivity index (χ1n) is 6.22. The van der Waals surface area contributed by atoms with Crippen molar-refractivity contribution in [2.75, 3.05) is 26.9 Å². The van der Waals surface area contributed by atoms with Gasteiger partial charge in [-0.1, -0.05) is 29.8 Å². The third-order valence-electron chi connectivity index (χ3n) is 3.34. The minimum Gasteiger partial charge on any atom is -0.496 e. The van der Waals surface area contributed by atoms with Gasteiger partial charge < -0.3 is 14.8 Å². The molecule has 3 nitrogen and oxygen atoms in total. The van der Waals surface area contributed by atoms with E-state index in [0.29, 0.717) is 6.04 Å². The molecule has 100 valence electrons. The summed E-state index contributed by atoms with van der Waals surface area (Å²) in [5, 5.41) is 3.51. The van der Waals surface area contributed by atoms with E-state index in [0.717, 1.165) is 30.0 Å². The SMILES string of the molecule is COc1ccc(Br)cc1C1(CNC(C)C)COC1. The summed E-state index contributed by atoms with van der Waals surface area (Å²) in [4.78, 5) is 0. The summed E-state index contributed by atoms with van der Waals surface area (Å²) >= 11 is 3.53. The molecule has 1 N–H and O–H groups in total. The molecule has 2 rings (SSSR count). The zero-order valence-electron chi connectivity index (χ0n) is 11.1. The van der Waals surface area contributed by atoms with Crippen molar-refractivity contribution in [3.05, 3.63) is 28.2 Å². The fourth-order valence-corrected chi connectivity index (χ4v) is 2.56. The predicted molar refractivity (Wildman–Crippen MR) is 76.3 cm³/mol. The van der Waals surface area contributed by atoms with Gasteiger partial charge in [0.15, 0.2) is 0 Å². The minimum atomic E-state index is 0.0411. The molecule has 0 atom stereocenters. The smallest absolute Gasteiger partial charge is 0.122 e. The van der Waals surface area contributed by atoms with Gasteiger partial charge >= 0.3 is 0 Å². The normalized spacial score (nSPS) is 17.6. The Hall–Kier alpha value is -0.580. The first-order chi connectivity index (χ1) is 8.57. The topological polar surface area (TPSA) is 30.5 Å². The molecule has 4 heteroatoms. The van der Waals surface area contributed by atoms with Crippen LogP contribution in [-0.2, 0) is 10.2 Å². The number of hydrogen-bond acceptors (Lipinski definition) is 3. The molecule has 1 heterocycles. The van der Waals surface area contributed by atoms with Crippen molar-refractivity contribution in [3.8, 4) is 5.75 Å². The van der Waals surface area contributed by atoms with Gasteiger partial charge in [0.05, 0.1) is 25.7 Å². The Bertz CT molecular complexity index is 416. The van der Waals surface area contributed by atoms with Crippen LogP contribution in [0.15, 0.2) is 22.7 Å². The molecule has 1 fully saturated rings. The van der Waals surface area contributed by atoms with Gasteiger partial charge in [0.2, 0.25) is 0 Å². The van der Waals surface area contributed by atoms with Gasteiger partial charge in [0.1, 0.15) is 5.75 Å². The lowest BCUT2D eigenvalue weighted by Crippen LogP contribution is -2.54. The first kappa shape index (κ1) is 13.8. The maximum atomic E-state index is 5.48. The maximum Gasteiger partial charge on any atom is 0.122 e. The summed E-state index contributed by atoms with van der Waals surface area (Å²) in [7, 11) is 1.72. The summed E-state index contributed by atoms with van der Waals surface area (Å²) in [5.41, 5.74) is 1.26. The van der Waals surface area contributed by atoms with Crippen molar-refractivity contribution < 1.29 is 9.47 Å². The molecular formula is C14H20BrNO2. The van der Waals surface area contributed by atoms with Crippen LogP contribution in [-0.4, -0.2) is 32.9 Å². The third-order valence-corrected chi connectivity index (χ3v) is 3.83. The second-order valence-electron chi connectivity index (χ2n) is 5.15. The molecule has 0 spiro atoms. The standard InChI is InChI=1S/C14H20BrNO2/c1-10(2)16-7-14(8-18-9-14)12-6-11(15)4-5-13(12)17-3/h4-6,10,16H,7-9H2,1-3H3. The Morgan fingerprint density at radius 3 is 2.67 bits per heavy atom. The number of benzene rings is 1. The molecule has 0 saturated carbocycles. The van der Waals surface area contributed by atoms with Crippen LogP contribution in [0.5, 0.6) is 5.75 Å². The number of ether oxygens (including phenoxy) is 2. The Balaban J connectivity index is 2.28. The van der Waals surface area contributed by atoms with Crippen molar-refractivity contribution in [2.24, 2.45) is 0 Å². The van der Waals surface area contributed by atoms with Crippen LogP contribution in [0.25, 0.3) is 0 Å². The van der Waals surface area contributed by atoms with Crippen molar-refractivity contribution in [1.29, 1.82) is 0 Å². The van der Waals surface area contributed by atoms with Crippen molar-refractivity contribution in [1.82, 2.24) is 5.32 Å². The predicted octanol–water partition coefficient (Wildman–Crippen LogP) is 2.72. The number of rotatable bonds is 5. The van der Waals surface area contributed by atoms with Gasteiger partial charge in [-0.05, 0) is 18.2 Å². The van der Waals surface area contributed by atoms with Crippen molar-refractivity contribution in [3.63, 3.8) is 0 Å². The molecule has 0 aromatic heterocycles. The fraction of sp³-hybridized carbons (Fsp3) is 0.571. The lowest BCUT2D eigenvalue weighted by Gasteiger charge is -2.43. The Kier molecular flexibility index (Phi) is 4.30. The zero-order chi connectivity index (χ0) is 13.2. The van der Waals surface area contributed by atoms with E-state index in [1.807, 2.05) is 12.1 Å². The fourth-order valence-electron chi connectivity index (χ4n) is 2.20. The van der Waals surface area contributed by atoms with Gasteiger partial charge in [0, 0.05) is 22.6 Å². The molecule has 0 unspecified atom stereocenters. The zero-order valence-corrected chi connectivity index (χ0v) is 12.7. The van der Waals surface area contributed by atoms with Crippen LogP contribution < -0.4 is 10.1 Å². The van der Waals surface area contributed by atoms with E-state index in [4.69, 9.17) is 9.47 Å². The lowest BCUT2D eigenvalue weighted by molar-refractivity contribution is -0.0606. The lowest BCUT2D eigenvalue weighted by atomic mass is 9.78. The van der Waals surface area contributed by atoms with Crippen molar-refractivity contribution in [2.45, 2.75) is 25.3 Å². The Morgan fingerprint density at radius 1 is 1.44 bits per heavy atom. The molecular weight excluding hydrogens is 294 g/mol. The molecule has 1 saturated heterocycles. The van der Waals surface area contributed by atoms with Gasteiger partial charge in [0.25, 0.3) is 0 Å². The average molecular weight is 314 g/mol. The van der Waals surface area contributed by atoms with Crippen LogP contribution in [0, 0.1) is 0 Å². The molecule has 0 amide bonds. The highest BCUT2D eigenvalue weighted by Crippen LogP contribution is 2.39. The van der Waals surface area contributed by atoms with Gasteiger partial charge in [-0.15, -0.1) is 0 Å². The van der Waals surface area contributed by atoms with Gasteiger partial charge in [-0.2, -0.15) is 0 Å². The monoisotopic (exact) mass is 313 g/mol. The molecule has 1 aliphatic rings. The van der Waals surface area contributed by atoms with E-state index in [1.54, 1.807) is 7.11 Å². The summed E-state index contributed by atoms with van der Waals surface area (Å²) in [6, 6.07) is 6.63. The van der Waals surface area contributed by atoms with E-state index in [9.17, 15) is 0 Å². The Labute approximate surface area is 117 Å². The van der Waals surface area contributed by atoms with Gasteiger partial charge in [-0.3, -0.25) is 0 Å². The van der Waals surface area contributed by atoms with E-state index >= 15 is 0 Å². The van der Waals surface area contributed by atoms with Crippen LogP contribution >= 0.6 is 15.9 Å². The number of hydrogen-bond donors (Lipinski definition) is 1. The second kappa shape index (κ2) is 5.59. The number of methoxy groups -OCH3 is 1. The number of halogens is 1. The van der Waals surface area contributed by atoms with Crippen LogP contribution in [0.2, 0.25) is 0 Å². The molecule has 18 heavy (non-hydrogen) atoms. The summed E-state index contributed by atoms with van der Waals surface area (Å²) < 4.78 is 12.0. The van der Waals surface area contributed by atoms with Crippen LogP contribution in [0.1, 0.15) is 19.4 Å². The van der Waals surface area contributed by atoms with Crippen LogP contribution in [0.3, 0.4) is 0 Å². The second-order valence-corrected chi connectivity index (χ2v) is 6.07. The Morgan fingerprint density at radius 2 is 2.17 bits per heavy atom. The van der Waals surface area contributed by atoms with E-state index < -0.39 is 0 Å². The van der Waals surface area contributed by atoms with Crippen molar-refractivity contribution >= 4 is 15.9 Å². The highest BCUT2D eigenvalue weighted by atomic mass is 79.9. The van der Waals surface area contributed by atoms with Crippen LogP contribution in [0.4, 0.5) is 0 Å².